The maximum absolute atomic E-state index is 12.9. The molecule has 10 heteroatoms. The van der Waals surface area contributed by atoms with Gasteiger partial charge in [-0.2, -0.15) is 0 Å². The summed E-state index contributed by atoms with van der Waals surface area (Å²) in [6, 6.07) is 4.31. The summed E-state index contributed by atoms with van der Waals surface area (Å²) in [5.41, 5.74) is -0.792. The summed E-state index contributed by atoms with van der Waals surface area (Å²) in [6.45, 7) is 1.48. The summed E-state index contributed by atoms with van der Waals surface area (Å²) in [6.07, 6.45) is 0.565. The van der Waals surface area contributed by atoms with Crippen LogP contribution in [-0.2, 0) is 24.7 Å². The largest absolute Gasteiger partial charge is 0.469 e. The fraction of sp³-hybridized carbons (Fsp3) is 0.444. The number of hydrogen-bond donors (Lipinski definition) is 2. The van der Waals surface area contributed by atoms with Gasteiger partial charge >= 0.3 is 12.0 Å². The summed E-state index contributed by atoms with van der Waals surface area (Å²) in [5.74, 6) is -0.359. The van der Waals surface area contributed by atoms with Crippen molar-refractivity contribution < 1.29 is 33.4 Å². The summed E-state index contributed by atoms with van der Waals surface area (Å²) in [4.78, 5) is 49.1. The van der Waals surface area contributed by atoms with E-state index < -0.39 is 29.9 Å². The fourth-order valence-corrected chi connectivity index (χ4v) is 3.01. The first-order chi connectivity index (χ1) is 13.3. The van der Waals surface area contributed by atoms with E-state index in [1.54, 1.807) is 25.1 Å². The molecule has 0 saturated carbocycles. The van der Waals surface area contributed by atoms with Gasteiger partial charge in [0.15, 0.2) is 11.5 Å². The van der Waals surface area contributed by atoms with Crippen LogP contribution in [0, 0.1) is 0 Å². The molecule has 150 valence electrons. The Bertz CT molecular complexity index is 825. The molecular formula is C18H21N3O7. The van der Waals surface area contributed by atoms with Gasteiger partial charge in [-0.15, -0.1) is 0 Å². The van der Waals surface area contributed by atoms with Crippen LogP contribution in [0.2, 0.25) is 0 Å². The molecule has 0 bridgehead atoms. The van der Waals surface area contributed by atoms with E-state index in [0.717, 1.165) is 4.90 Å². The topological polar surface area (TPSA) is 123 Å². The Morgan fingerprint density at radius 1 is 1.29 bits per heavy atom. The molecule has 2 aliphatic heterocycles. The van der Waals surface area contributed by atoms with E-state index in [2.05, 4.69) is 15.4 Å². The second-order valence-electron chi connectivity index (χ2n) is 6.54. The highest BCUT2D eigenvalue weighted by Crippen LogP contribution is 2.37. The average Bonchev–Trinajstić information content (AvgIpc) is 3.23. The van der Waals surface area contributed by atoms with Gasteiger partial charge in [-0.1, -0.05) is 6.07 Å². The molecule has 1 aromatic rings. The van der Waals surface area contributed by atoms with Gasteiger partial charge in [-0.05, 0) is 31.0 Å². The predicted octanol–water partition coefficient (Wildman–Crippen LogP) is 0.252. The van der Waals surface area contributed by atoms with Crippen molar-refractivity contribution in [2.45, 2.75) is 25.3 Å². The Morgan fingerprint density at radius 3 is 2.79 bits per heavy atom. The molecular weight excluding hydrogens is 370 g/mol. The van der Waals surface area contributed by atoms with E-state index in [1.165, 1.54) is 7.11 Å². The highest BCUT2D eigenvalue weighted by molar-refractivity contribution is 6.09. The monoisotopic (exact) mass is 391 g/mol. The van der Waals surface area contributed by atoms with Gasteiger partial charge in [0.05, 0.1) is 7.11 Å². The van der Waals surface area contributed by atoms with E-state index in [1.807, 2.05) is 0 Å². The molecule has 2 heterocycles. The van der Waals surface area contributed by atoms with Crippen LogP contribution < -0.4 is 20.1 Å². The molecule has 0 unspecified atom stereocenters. The number of nitrogens with zero attached hydrogens (tertiary/aromatic N) is 1. The van der Waals surface area contributed by atoms with E-state index in [0.29, 0.717) is 23.5 Å². The zero-order valence-electron chi connectivity index (χ0n) is 15.6. The number of ether oxygens (including phenoxy) is 3. The highest BCUT2D eigenvalue weighted by atomic mass is 16.7. The first kappa shape index (κ1) is 19.5. The molecule has 28 heavy (non-hydrogen) atoms. The smallest absolute Gasteiger partial charge is 0.325 e. The van der Waals surface area contributed by atoms with Crippen molar-refractivity contribution in [3.8, 4) is 11.5 Å². The van der Waals surface area contributed by atoms with Gasteiger partial charge < -0.3 is 24.8 Å². The van der Waals surface area contributed by atoms with Crippen molar-refractivity contribution in [1.29, 1.82) is 0 Å². The number of amides is 4. The van der Waals surface area contributed by atoms with E-state index in [-0.39, 0.29) is 25.7 Å². The quantitative estimate of drug-likeness (QED) is 0.388. The average molecular weight is 391 g/mol. The maximum Gasteiger partial charge on any atom is 0.325 e. The molecule has 0 aromatic heterocycles. The second-order valence-corrected chi connectivity index (χ2v) is 6.54. The number of benzene rings is 1. The van der Waals surface area contributed by atoms with Crippen molar-refractivity contribution in [3.63, 3.8) is 0 Å². The predicted molar refractivity (Wildman–Crippen MR) is 94.4 cm³/mol. The Labute approximate surface area is 161 Å². The Hall–Kier alpha value is -3.30. The number of imide groups is 1. The van der Waals surface area contributed by atoms with Gasteiger partial charge in [0.25, 0.3) is 5.91 Å². The lowest BCUT2D eigenvalue weighted by molar-refractivity contribution is -0.140. The third-order valence-corrected chi connectivity index (χ3v) is 4.63. The van der Waals surface area contributed by atoms with Crippen LogP contribution in [0.25, 0.3) is 0 Å². The standard InChI is InChI=1S/C18H21N3O7/c1-18(11-5-6-12-13(8-11)28-10-27-12)16(24)21(17(25)20-18)9-14(22)19-7-3-4-15(23)26-2/h5-6,8H,3-4,7,9-10H2,1-2H3,(H,19,22)(H,20,25)/t18-/m0/s1. The number of hydrogen-bond acceptors (Lipinski definition) is 7. The number of esters is 1. The maximum atomic E-state index is 12.9. The third kappa shape index (κ3) is 3.71. The van der Waals surface area contributed by atoms with Crippen LogP contribution in [0.1, 0.15) is 25.3 Å². The molecule has 0 aliphatic carbocycles. The number of rotatable bonds is 7. The summed E-state index contributed by atoms with van der Waals surface area (Å²) >= 11 is 0. The molecule has 1 saturated heterocycles. The SMILES string of the molecule is COC(=O)CCCNC(=O)CN1C(=O)N[C@@](C)(c2ccc3c(c2)OCO3)C1=O. The van der Waals surface area contributed by atoms with Crippen molar-refractivity contribution >= 4 is 23.8 Å². The Balaban J connectivity index is 1.61. The number of carbonyl (C=O) groups excluding carboxylic acids is 4. The van der Waals surface area contributed by atoms with E-state index >= 15 is 0 Å². The minimum absolute atomic E-state index is 0.0953. The summed E-state index contributed by atoms with van der Waals surface area (Å²) in [7, 11) is 1.29. The molecule has 0 spiro atoms. The lowest BCUT2D eigenvalue weighted by Gasteiger charge is -2.22. The first-order valence-electron chi connectivity index (χ1n) is 8.73. The van der Waals surface area contributed by atoms with Crippen molar-refractivity contribution in [3.05, 3.63) is 23.8 Å². The van der Waals surface area contributed by atoms with Gasteiger partial charge in [-0.3, -0.25) is 19.3 Å². The van der Waals surface area contributed by atoms with Crippen molar-refractivity contribution in [2.75, 3.05) is 27.0 Å². The van der Waals surface area contributed by atoms with Crippen LogP contribution in [0.5, 0.6) is 11.5 Å². The Kier molecular flexibility index (Phi) is 5.39. The molecule has 1 fully saturated rings. The van der Waals surface area contributed by atoms with Crippen molar-refractivity contribution in [1.82, 2.24) is 15.5 Å². The highest BCUT2D eigenvalue weighted by Gasteiger charge is 2.49. The van der Waals surface area contributed by atoms with E-state index in [4.69, 9.17) is 9.47 Å². The van der Waals surface area contributed by atoms with Gasteiger partial charge in [0, 0.05) is 13.0 Å². The van der Waals surface area contributed by atoms with Crippen LogP contribution in [-0.4, -0.2) is 55.7 Å². The number of fused-ring (bicyclic) bond motifs is 1. The summed E-state index contributed by atoms with van der Waals surface area (Å²) in [5, 5.41) is 5.21. The molecule has 2 aliphatic rings. The van der Waals surface area contributed by atoms with Crippen LogP contribution >= 0.6 is 0 Å². The van der Waals surface area contributed by atoms with Gasteiger partial charge in [-0.25, -0.2) is 4.79 Å². The third-order valence-electron chi connectivity index (χ3n) is 4.63. The lowest BCUT2D eigenvalue weighted by atomic mass is 9.91. The number of urea groups is 1. The number of nitrogens with one attached hydrogen (secondary N) is 2. The molecule has 0 radical (unpaired) electrons. The van der Waals surface area contributed by atoms with Crippen LogP contribution in [0.4, 0.5) is 4.79 Å². The molecule has 10 nitrogen and oxygen atoms in total. The van der Waals surface area contributed by atoms with Crippen LogP contribution in [0.3, 0.4) is 0 Å². The van der Waals surface area contributed by atoms with Gasteiger partial charge in [0.2, 0.25) is 12.7 Å². The number of carbonyl (C=O) groups is 4. The summed E-state index contributed by atoms with van der Waals surface area (Å²) < 4.78 is 15.1. The van der Waals surface area contributed by atoms with E-state index in [9.17, 15) is 19.2 Å². The van der Waals surface area contributed by atoms with Crippen LogP contribution in [0.15, 0.2) is 18.2 Å². The molecule has 4 amide bonds. The zero-order valence-corrected chi connectivity index (χ0v) is 15.6. The second kappa shape index (κ2) is 7.75. The fourth-order valence-electron chi connectivity index (χ4n) is 3.01. The normalized spacial score (nSPS) is 20.1. The minimum Gasteiger partial charge on any atom is -0.469 e. The molecule has 3 rings (SSSR count). The van der Waals surface area contributed by atoms with Gasteiger partial charge in [0.1, 0.15) is 12.1 Å². The number of methoxy groups -OCH3 is 1. The molecule has 1 aromatic carbocycles. The molecule has 1 atom stereocenters. The molecule has 2 N–H and O–H groups in total. The Morgan fingerprint density at radius 2 is 2.04 bits per heavy atom. The lowest BCUT2D eigenvalue weighted by Crippen LogP contribution is -2.43. The zero-order chi connectivity index (χ0) is 20.3. The minimum atomic E-state index is -1.32. The first-order valence-corrected chi connectivity index (χ1v) is 8.73. The van der Waals surface area contributed by atoms with Crippen molar-refractivity contribution in [2.24, 2.45) is 0 Å².